The number of nitrogen functional groups attached to an aromatic ring is 1. The van der Waals surface area contributed by atoms with Crippen LogP contribution in [-0.4, -0.2) is 44.7 Å². The molecule has 0 unspecified atom stereocenters. The fraction of sp³-hybridized carbons (Fsp3) is 0.533. The highest BCUT2D eigenvalue weighted by Gasteiger charge is 2.21. The molecule has 0 radical (unpaired) electrons. The average molecular weight is 278 g/mol. The fourth-order valence-electron chi connectivity index (χ4n) is 1.89. The molecule has 1 fully saturated rings. The Hall–Kier alpha value is -1.75. The summed E-state index contributed by atoms with van der Waals surface area (Å²) in [5.74, 6) is 1.25. The lowest BCUT2D eigenvalue weighted by molar-refractivity contribution is 0.0681. The van der Waals surface area contributed by atoms with Crippen LogP contribution in [0.15, 0.2) is 18.2 Å². The van der Waals surface area contributed by atoms with Gasteiger partial charge in [0.1, 0.15) is 5.75 Å². The minimum atomic E-state index is -0.114. The number of ether oxygens (including phenoxy) is 2. The van der Waals surface area contributed by atoms with Gasteiger partial charge in [0.2, 0.25) is 0 Å². The van der Waals surface area contributed by atoms with Crippen LogP contribution in [0.2, 0.25) is 0 Å². The van der Waals surface area contributed by atoms with E-state index in [1.54, 1.807) is 37.3 Å². The molecule has 20 heavy (non-hydrogen) atoms. The molecule has 1 saturated carbocycles. The van der Waals surface area contributed by atoms with Gasteiger partial charge in [-0.25, -0.2) is 0 Å². The number of nitrogens with zero attached hydrogens (tertiary/aromatic N) is 1. The van der Waals surface area contributed by atoms with Gasteiger partial charge in [-0.1, -0.05) is 0 Å². The van der Waals surface area contributed by atoms with Crippen molar-refractivity contribution in [2.45, 2.75) is 12.8 Å². The van der Waals surface area contributed by atoms with Crippen molar-refractivity contribution < 1.29 is 14.3 Å². The minimum Gasteiger partial charge on any atom is -0.497 e. The first-order chi connectivity index (χ1) is 9.61. The summed E-state index contributed by atoms with van der Waals surface area (Å²) in [6, 6.07) is 5.09. The highest BCUT2D eigenvalue weighted by atomic mass is 16.5. The van der Waals surface area contributed by atoms with Crippen molar-refractivity contribution in [1.82, 2.24) is 4.90 Å². The molecule has 1 aromatic carbocycles. The summed E-state index contributed by atoms with van der Waals surface area (Å²) < 4.78 is 10.7. The van der Waals surface area contributed by atoms with Gasteiger partial charge in [-0.3, -0.25) is 4.79 Å². The Morgan fingerprint density at radius 2 is 2.20 bits per heavy atom. The van der Waals surface area contributed by atoms with Gasteiger partial charge in [0.05, 0.1) is 19.3 Å². The Morgan fingerprint density at radius 1 is 1.45 bits per heavy atom. The van der Waals surface area contributed by atoms with Gasteiger partial charge < -0.3 is 20.1 Å². The van der Waals surface area contributed by atoms with Crippen molar-refractivity contribution in [2.24, 2.45) is 5.92 Å². The first-order valence-corrected chi connectivity index (χ1v) is 6.88. The summed E-state index contributed by atoms with van der Waals surface area (Å²) in [5.41, 5.74) is 6.78. The van der Waals surface area contributed by atoms with Gasteiger partial charge >= 0.3 is 0 Å². The molecular formula is C15H22N2O3. The average Bonchev–Trinajstić information content (AvgIpc) is 3.27. The molecule has 0 atom stereocenters. The standard InChI is InChI=1S/C15H22N2O3/c1-17(7-8-20-10-11-3-4-11)15(18)13-9-12(19-2)5-6-14(13)16/h5-6,9,11H,3-4,7-8,10,16H2,1-2H3. The van der Waals surface area contributed by atoms with Crippen molar-refractivity contribution in [2.75, 3.05) is 39.6 Å². The Labute approximate surface area is 119 Å². The largest absolute Gasteiger partial charge is 0.497 e. The van der Waals surface area contributed by atoms with E-state index in [4.69, 9.17) is 15.2 Å². The second-order valence-corrected chi connectivity index (χ2v) is 5.20. The minimum absolute atomic E-state index is 0.114. The van der Waals surface area contributed by atoms with Gasteiger partial charge in [0, 0.05) is 25.9 Å². The van der Waals surface area contributed by atoms with Crippen LogP contribution in [0.4, 0.5) is 5.69 Å². The summed E-state index contributed by atoms with van der Waals surface area (Å²) in [6.07, 6.45) is 2.55. The maximum absolute atomic E-state index is 12.3. The molecule has 1 aliphatic carbocycles. The quantitative estimate of drug-likeness (QED) is 0.610. The van der Waals surface area contributed by atoms with Gasteiger partial charge in [-0.15, -0.1) is 0 Å². The van der Waals surface area contributed by atoms with Crippen LogP contribution in [0.1, 0.15) is 23.2 Å². The Bertz CT molecular complexity index is 472. The Kier molecular flexibility index (Phi) is 4.84. The lowest BCUT2D eigenvalue weighted by Crippen LogP contribution is -2.30. The molecule has 0 bridgehead atoms. The zero-order valence-electron chi connectivity index (χ0n) is 12.1. The van der Waals surface area contributed by atoms with Gasteiger partial charge in [0.15, 0.2) is 0 Å². The van der Waals surface area contributed by atoms with Crippen LogP contribution in [0.25, 0.3) is 0 Å². The number of hydrogen-bond donors (Lipinski definition) is 1. The molecule has 1 aromatic rings. The summed E-state index contributed by atoms with van der Waals surface area (Å²) >= 11 is 0. The first-order valence-electron chi connectivity index (χ1n) is 6.88. The Balaban J connectivity index is 1.87. The third kappa shape index (κ3) is 3.87. The van der Waals surface area contributed by atoms with Crippen LogP contribution in [0, 0.1) is 5.92 Å². The van der Waals surface area contributed by atoms with Crippen LogP contribution in [-0.2, 0) is 4.74 Å². The number of carbonyl (C=O) groups is 1. The van der Waals surface area contributed by atoms with Crippen LogP contribution in [0.5, 0.6) is 5.75 Å². The normalized spacial score (nSPS) is 14.1. The molecule has 0 aliphatic heterocycles. The fourth-order valence-corrected chi connectivity index (χ4v) is 1.89. The molecule has 0 aromatic heterocycles. The zero-order valence-corrected chi connectivity index (χ0v) is 12.1. The van der Waals surface area contributed by atoms with E-state index < -0.39 is 0 Å². The van der Waals surface area contributed by atoms with Crippen molar-refractivity contribution in [3.8, 4) is 5.75 Å². The van der Waals surface area contributed by atoms with E-state index in [9.17, 15) is 4.79 Å². The third-order valence-electron chi connectivity index (χ3n) is 3.46. The van der Waals surface area contributed by atoms with Gasteiger partial charge in [-0.05, 0) is 37.0 Å². The van der Waals surface area contributed by atoms with Gasteiger partial charge in [0.25, 0.3) is 5.91 Å². The molecule has 1 amide bonds. The van der Waals surface area contributed by atoms with E-state index in [1.807, 2.05) is 0 Å². The van der Waals surface area contributed by atoms with Crippen LogP contribution >= 0.6 is 0 Å². The van der Waals surface area contributed by atoms with Gasteiger partial charge in [-0.2, -0.15) is 0 Å². The molecule has 5 heteroatoms. The maximum Gasteiger partial charge on any atom is 0.255 e. The predicted octanol–water partition coefficient (Wildman–Crippen LogP) is 1.78. The molecule has 5 nitrogen and oxygen atoms in total. The molecule has 0 heterocycles. The zero-order chi connectivity index (χ0) is 14.5. The van der Waals surface area contributed by atoms with E-state index in [-0.39, 0.29) is 5.91 Å². The van der Waals surface area contributed by atoms with Crippen molar-refractivity contribution >= 4 is 11.6 Å². The van der Waals surface area contributed by atoms with E-state index in [0.29, 0.717) is 30.2 Å². The van der Waals surface area contributed by atoms with E-state index in [2.05, 4.69) is 0 Å². The number of nitrogens with two attached hydrogens (primary N) is 1. The second kappa shape index (κ2) is 6.61. The number of amides is 1. The monoisotopic (exact) mass is 278 g/mol. The molecule has 0 spiro atoms. The SMILES string of the molecule is COc1ccc(N)c(C(=O)N(C)CCOCC2CC2)c1. The third-order valence-corrected chi connectivity index (χ3v) is 3.46. The number of likely N-dealkylation sites (N-methyl/N-ethyl adjacent to an activating group) is 1. The molecule has 110 valence electrons. The maximum atomic E-state index is 12.3. The molecule has 0 saturated heterocycles. The summed E-state index contributed by atoms with van der Waals surface area (Å²) in [4.78, 5) is 13.9. The number of benzene rings is 1. The molecule has 1 aliphatic rings. The van der Waals surface area contributed by atoms with Crippen molar-refractivity contribution in [3.63, 3.8) is 0 Å². The number of rotatable bonds is 7. The van der Waals surface area contributed by atoms with Crippen LogP contribution in [0.3, 0.4) is 0 Å². The highest BCUT2D eigenvalue weighted by molar-refractivity contribution is 5.99. The number of carbonyl (C=O) groups excluding carboxylic acids is 1. The predicted molar refractivity (Wildman–Crippen MR) is 77.9 cm³/mol. The summed E-state index contributed by atoms with van der Waals surface area (Å²) in [5, 5.41) is 0. The highest BCUT2D eigenvalue weighted by Crippen LogP contribution is 2.28. The summed E-state index contributed by atoms with van der Waals surface area (Å²) in [7, 11) is 3.32. The second-order valence-electron chi connectivity index (χ2n) is 5.20. The number of anilines is 1. The molecular weight excluding hydrogens is 256 g/mol. The van der Waals surface area contributed by atoms with E-state index in [1.165, 1.54) is 12.8 Å². The topological polar surface area (TPSA) is 64.8 Å². The van der Waals surface area contributed by atoms with Crippen molar-refractivity contribution in [3.05, 3.63) is 23.8 Å². The summed E-state index contributed by atoms with van der Waals surface area (Å²) in [6.45, 7) is 1.92. The van der Waals surface area contributed by atoms with E-state index in [0.717, 1.165) is 12.5 Å². The molecule has 2 rings (SSSR count). The lowest BCUT2D eigenvalue weighted by atomic mass is 10.1. The Morgan fingerprint density at radius 3 is 2.85 bits per heavy atom. The number of hydrogen-bond acceptors (Lipinski definition) is 4. The lowest BCUT2D eigenvalue weighted by Gasteiger charge is -2.18. The van der Waals surface area contributed by atoms with E-state index >= 15 is 0 Å². The smallest absolute Gasteiger partial charge is 0.255 e. The number of methoxy groups -OCH3 is 1. The molecule has 2 N–H and O–H groups in total. The van der Waals surface area contributed by atoms with Crippen molar-refractivity contribution in [1.29, 1.82) is 0 Å². The first kappa shape index (κ1) is 14.7. The van der Waals surface area contributed by atoms with Crippen LogP contribution < -0.4 is 10.5 Å².